The van der Waals surface area contributed by atoms with Gasteiger partial charge in [-0.3, -0.25) is 9.48 Å². The molecular weight excluding hydrogens is 282 g/mol. The summed E-state index contributed by atoms with van der Waals surface area (Å²) in [5.41, 5.74) is 1.10. The highest BCUT2D eigenvalue weighted by atomic mass is 16.5. The summed E-state index contributed by atoms with van der Waals surface area (Å²) >= 11 is 0. The summed E-state index contributed by atoms with van der Waals surface area (Å²) < 4.78 is 13.0. The van der Waals surface area contributed by atoms with E-state index in [1.807, 2.05) is 22.7 Å². The summed E-state index contributed by atoms with van der Waals surface area (Å²) in [5, 5.41) is 4.23. The molecule has 1 amide bonds. The first-order valence-corrected chi connectivity index (χ1v) is 8.22. The fourth-order valence-electron chi connectivity index (χ4n) is 3.38. The van der Waals surface area contributed by atoms with Crippen molar-refractivity contribution >= 4 is 5.91 Å². The Morgan fingerprint density at radius 3 is 3.05 bits per heavy atom. The molecule has 1 aromatic heterocycles. The van der Waals surface area contributed by atoms with Crippen molar-refractivity contribution in [1.82, 2.24) is 14.7 Å². The van der Waals surface area contributed by atoms with Crippen LogP contribution in [0.15, 0.2) is 12.3 Å². The van der Waals surface area contributed by atoms with E-state index in [1.54, 1.807) is 6.20 Å². The molecule has 3 rings (SSSR count). The van der Waals surface area contributed by atoms with E-state index in [4.69, 9.17) is 9.47 Å². The Hall–Kier alpha value is -1.40. The van der Waals surface area contributed by atoms with E-state index in [0.717, 1.165) is 50.9 Å². The first-order valence-electron chi connectivity index (χ1n) is 8.22. The van der Waals surface area contributed by atoms with Gasteiger partial charge in [-0.2, -0.15) is 5.10 Å². The molecule has 2 atom stereocenters. The van der Waals surface area contributed by atoms with Crippen LogP contribution in [0.3, 0.4) is 0 Å². The standard InChI is InChI=1S/C16H25N3O3/c1-18-14(7-8-17-18)15-6-2-3-9-19(15)16(20)12-21-11-13-5-4-10-22-13/h7-8,13,15H,2-6,9-12H2,1H3/t13-,15+/m0/s1. The highest BCUT2D eigenvalue weighted by Crippen LogP contribution is 2.30. The summed E-state index contributed by atoms with van der Waals surface area (Å²) in [7, 11) is 1.93. The Bertz CT molecular complexity index is 497. The van der Waals surface area contributed by atoms with Crippen molar-refractivity contribution in [2.45, 2.75) is 44.2 Å². The number of carbonyl (C=O) groups excluding carboxylic acids is 1. The maximum atomic E-state index is 12.5. The van der Waals surface area contributed by atoms with Crippen LogP contribution >= 0.6 is 0 Å². The van der Waals surface area contributed by atoms with Crippen molar-refractivity contribution in [3.05, 3.63) is 18.0 Å². The lowest BCUT2D eigenvalue weighted by atomic mass is 9.99. The number of hydrogen-bond acceptors (Lipinski definition) is 4. The molecule has 2 aliphatic rings. The van der Waals surface area contributed by atoms with E-state index in [9.17, 15) is 4.79 Å². The number of nitrogens with zero attached hydrogens (tertiary/aromatic N) is 3. The molecule has 1 aromatic rings. The molecule has 0 aromatic carbocycles. The van der Waals surface area contributed by atoms with Crippen molar-refractivity contribution in [2.24, 2.45) is 7.05 Å². The second kappa shape index (κ2) is 7.24. The molecule has 0 N–H and O–H groups in total. The average molecular weight is 307 g/mol. The quantitative estimate of drug-likeness (QED) is 0.830. The van der Waals surface area contributed by atoms with Gasteiger partial charge in [-0.15, -0.1) is 0 Å². The van der Waals surface area contributed by atoms with Crippen LogP contribution in [0.4, 0.5) is 0 Å². The van der Waals surface area contributed by atoms with Gasteiger partial charge in [0.1, 0.15) is 6.61 Å². The second-order valence-corrected chi connectivity index (χ2v) is 6.13. The molecule has 0 saturated carbocycles. The molecule has 0 bridgehead atoms. The average Bonchev–Trinajstić information content (AvgIpc) is 3.19. The van der Waals surface area contributed by atoms with Crippen LogP contribution in [0.5, 0.6) is 0 Å². The minimum Gasteiger partial charge on any atom is -0.376 e. The van der Waals surface area contributed by atoms with Crippen molar-refractivity contribution in [2.75, 3.05) is 26.4 Å². The Balaban J connectivity index is 1.55. The molecule has 0 radical (unpaired) electrons. The third kappa shape index (κ3) is 3.50. The van der Waals surface area contributed by atoms with E-state index in [0.29, 0.717) is 6.61 Å². The normalized spacial score (nSPS) is 25.6. The Morgan fingerprint density at radius 2 is 2.32 bits per heavy atom. The van der Waals surface area contributed by atoms with Gasteiger partial charge in [-0.1, -0.05) is 0 Å². The fraction of sp³-hybridized carbons (Fsp3) is 0.750. The maximum absolute atomic E-state index is 12.5. The van der Waals surface area contributed by atoms with Crippen LogP contribution in [-0.4, -0.2) is 53.1 Å². The number of aryl methyl sites for hydroxylation is 1. The van der Waals surface area contributed by atoms with Crippen LogP contribution in [0.25, 0.3) is 0 Å². The van der Waals surface area contributed by atoms with Crippen molar-refractivity contribution in [1.29, 1.82) is 0 Å². The zero-order chi connectivity index (χ0) is 15.4. The molecule has 6 heteroatoms. The van der Waals surface area contributed by atoms with Gasteiger partial charge in [0.15, 0.2) is 0 Å². The highest BCUT2D eigenvalue weighted by molar-refractivity contribution is 5.78. The molecule has 2 saturated heterocycles. The van der Waals surface area contributed by atoms with Crippen LogP contribution < -0.4 is 0 Å². The largest absolute Gasteiger partial charge is 0.376 e. The minimum absolute atomic E-state index is 0.0731. The fourth-order valence-corrected chi connectivity index (χ4v) is 3.38. The van der Waals surface area contributed by atoms with Gasteiger partial charge in [0, 0.05) is 26.4 Å². The molecule has 0 aliphatic carbocycles. The van der Waals surface area contributed by atoms with Gasteiger partial charge in [0.25, 0.3) is 0 Å². The Morgan fingerprint density at radius 1 is 1.41 bits per heavy atom. The van der Waals surface area contributed by atoms with Crippen molar-refractivity contribution < 1.29 is 14.3 Å². The SMILES string of the molecule is Cn1nccc1[C@H]1CCCCN1C(=O)COC[C@@H]1CCCO1. The second-order valence-electron chi connectivity index (χ2n) is 6.13. The number of rotatable bonds is 5. The third-order valence-electron chi connectivity index (χ3n) is 4.58. The molecule has 6 nitrogen and oxygen atoms in total. The van der Waals surface area contributed by atoms with Gasteiger partial charge in [0.05, 0.1) is 24.4 Å². The number of ether oxygens (including phenoxy) is 2. The Labute approximate surface area is 131 Å². The number of carbonyl (C=O) groups is 1. The zero-order valence-electron chi connectivity index (χ0n) is 13.2. The van der Waals surface area contributed by atoms with Crippen LogP contribution in [0.1, 0.15) is 43.8 Å². The molecule has 0 unspecified atom stereocenters. The van der Waals surface area contributed by atoms with Gasteiger partial charge in [0.2, 0.25) is 5.91 Å². The van der Waals surface area contributed by atoms with E-state index >= 15 is 0 Å². The van der Waals surface area contributed by atoms with Crippen molar-refractivity contribution in [3.8, 4) is 0 Å². The molecule has 3 heterocycles. The summed E-state index contributed by atoms with van der Waals surface area (Å²) in [6.45, 7) is 2.29. The molecule has 2 aliphatic heterocycles. The maximum Gasteiger partial charge on any atom is 0.249 e. The third-order valence-corrected chi connectivity index (χ3v) is 4.58. The highest BCUT2D eigenvalue weighted by Gasteiger charge is 2.29. The predicted octanol–water partition coefficient (Wildman–Crippen LogP) is 1.67. The topological polar surface area (TPSA) is 56.6 Å². The number of piperidine rings is 1. The Kier molecular flexibility index (Phi) is 5.10. The van der Waals surface area contributed by atoms with Crippen molar-refractivity contribution in [3.63, 3.8) is 0 Å². The number of likely N-dealkylation sites (tertiary alicyclic amines) is 1. The number of aromatic nitrogens is 2. The van der Waals surface area contributed by atoms with Gasteiger partial charge < -0.3 is 14.4 Å². The summed E-state index contributed by atoms with van der Waals surface area (Å²) in [6, 6.07) is 2.13. The first kappa shape index (κ1) is 15.5. The van der Waals surface area contributed by atoms with E-state index < -0.39 is 0 Å². The zero-order valence-corrected chi connectivity index (χ0v) is 13.2. The minimum atomic E-state index is 0.0731. The molecular formula is C16H25N3O3. The summed E-state index contributed by atoms with van der Waals surface area (Å²) in [4.78, 5) is 14.5. The van der Waals surface area contributed by atoms with E-state index in [1.165, 1.54) is 0 Å². The molecule has 2 fully saturated rings. The predicted molar refractivity (Wildman–Crippen MR) is 81.3 cm³/mol. The lowest BCUT2D eigenvalue weighted by Crippen LogP contribution is -2.41. The molecule has 122 valence electrons. The van der Waals surface area contributed by atoms with E-state index in [-0.39, 0.29) is 24.7 Å². The lowest BCUT2D eigenvalue weighted by molar-refractivity contribution is -0.141. The van der Waals surface area contributed by atoms with Gasteiger partial charge in [-0.25, -0.2) is 0 Å². The van der Waals surface area contributed by atoms with Crippen LogP contribution in [-0.2, 0) is 21.3 Å². The van der Waals surface area contributed by atoms with E-state index in [2.05, 4.69) is 5.10 Å². The van der Waals surface area contributed by atoms with Gasteiger partial charge >= 0.3 is 0 Å². The lowest BCUT2D eigenvalue weighted by Gasteiger charge is -2.35. The van der Waals surface area contributed by atoms with Crippen LogP contribution in [0.2, 0.25) is 0 Å². The smallest absolute Gasteiger partial charge is 0.249 e. The summed E-state index contributed by atoms with van der Waals surface area (Å²) in [5.74, 6) is 0.0731. The monoisotopic (exact) mass is 307 g/mol. The van der Waals surface area contributed by atoms with Gasteiger partial charge in [-0.05, 0) is 38.2 Å². The van der Waals surface area contributed by atoms with Crippen LogP contribution in [0, 0.1) is 0 Å². The summed E-state index contributed by atoms with van der Waals surface area (Å²) in [6.07, 6.45) is 7.30. The first-order chi connectivity index (χ1) is 10.8. The molecule has 22 heavy (non-hydrogen) atoms. The number of hydrogen-bond donors (Lipinski definition) is 0. The molecule has 0 spiro atoms. The number of amides is 1.